The summed E-state index contributed by atoms with van der Waals surface area (Å²) < 4.78 is 32.1. The summed E-state index contributed by atoms with van der Waals surface area (Å²) in [5, 5.41) is 0. The molecule has 0 saturated heterocycles. The third kappa shape index (κ3) is 21.1. The zero-order chi connectivity index (χ0) is 23.9. The van der Waals surface area contributed by atoms with E-state index >= 15 is 0 Å². The zero-order valence-corrected chi connectivity index (χ0v) is 21.1. The van der Waals surface area contributed by atoms with Gasteiger partial charge in [-0.2, -0.15) is 0 Å². The summed E-state index contributed by atoms with van der Waals surface area (Å²) in [5.41, 5.74) is 5.24. The van der Waals surface area contributed by atoms with Crippen LogP contribution in [0.1, 0.15) is 90.9 Å². The highest BCUT2D eigenvalue weighted by atomic mass is 31.2. The van der Waals surface area contributed by atoms with Gasteiger partial charge in [-0.25, -0.2) is 4.57 Å². The van der Waals surface area contributed by atoms with E-state index in [1.807, 2.05) is 0 Å². The fourth-order valence-electron chi connectivity index (χ4n) is 2.90. The molecule has 2 atom stereocenters. The Morgan fingerprint density at radius 2 is 1.53 bits per heavy atom. The standard InChI is InChI=1S/C23H46NO7P/c1-3-5-6-7-8-9-10-11-12-13-14-15-16-18-28-20-22(31-23(25)4-2)21-30-32(26,27)29-19-17-24/h8-9,22H,3-7,10-21,24H2,1-2H3,(H,26,27)/b9-8-. The molecule has 0 fully saturated rings. The molecule has 190 valence electrons. The second-order valence-corrected chi connectivity index (χ2v) is 9.26. The Labute approximate surface area is 194 Å². The third-order valence-electron chi connectivity index (χ3n) is 4.74. The van der Waals surface area contributed by atoms with Crippen LogP contribution in [-0.4, -0.2) is 49.9 Å². The maximum Gasteiger partial charge on any atom is 0.472 e. The molecular weight excluding hydrogens is 433 g/mol. The first-order valence-electron chi connectivity index (χ1n) is 12.2. The van der Waals surface area contributed by atoms with Crippen molar-refractivity contribution >= 4 is 13.8 Å². The molecule has 0 aromatic carbocycles. The lowest BCUT2D eigenvalue weighted by Crippen LogP contribution is -2.28. The molecule has 0 saturated carbocycles. The van der Waals surface area contributed by atoms with E-state index in [1.54, 1.807) is 6.92 Å². The molecule has 0 aliphatic carbocycles. The van der Waals surface area contributed by atoms with E-state index in [2.05, 4.69) is 23.6 Å². The van der Waals surface area contributed by atoms with Gasteiger partial charge < -0.3 is 20.1 Å². The van der Waals surface area contributed by atoms with Gasteiger partial charge in [0.15, 0.2) is 0 Å². The van der Waals surface area contributed by atoms with E-state index in [-0.39, 0.29) is 32.8 Å². The molecule has 8 nitrogen and oxygen atoms in total. The summed E-state index contributed by atoms with van der Waals surface area (Å²) in [7, 11) is -4.22. The van der Waals surface area contributed by atoms with Crippen molar-refractivity contribution in [1.29, 1.82) is 0 Å². The Kier molecular flexibility index (Phi) is 21.5. The molecule has 0 aromatic heterocycles. The fourth-order valence-corrected chi connectivity index (χ4v) is 3.67. The summed E-state index contributed by atoms with van der Waals surface area (Å²) in [4.78, 5) is 21.1. The molecule has 0 radical (unpaired) electrons. The van der Waals surface area contributed by atoms with Crippen LogP contribution >= 0.6 is 7.82 Å². The maximum atomic E-state index is 11.7. The Morgan fingerprint density at radius 1 is 0.906 bits per heavy atom. The number of rotatable bonds is 23. The second-order valence-electron chi connectivity index (χ2n) is 7.80. The smallest absolute Gasteiger partial charge is 0.457 e. The Hall–Kier alpha value is -0.760. The first kappa shape index (κ1) is 31.2. The Morgan fingerprint density at radius 3 is 2.16 bits per heavy atom. The minimum absolute atomic E-state index is 0.0978. The Bertz CT molecular complexity index is 517. The lowest BCUT2D eigenvalue weighted by Gasteiger charge is -2.19. The number of phosphoric acid groups is 1. The van der Waals surface area contributed by atoms with Crippen molar-refractivity contribution in [2.45, 2.75) is 97.0 Å². The molecule has 0 aliphatic rings. The molecule has 0 bridgehead atoms. The number of phosphoric ester groups is 1. The highest BCUT2D eigenvalue weighted by molar-refractivity contribution is 7.47. The summed E-state index contributed by atoms with van der Waals surface area (Å²) in [6.07, 6.45) is 17.2. The van der Waals surface area contributed by atoms with Gasteiger partial charge >= 0.3 is 13.8 Å². The molecule has 9 heteroatoms. The molecule has 2 unspecified atom stereocenters. The molecule has 0 rings (SSSR count). The largest absolute Gasteiger partial charge is 0.472 e. The predicted molar refractivity (Wildman–Crippen MR) is 127 cm³/mol. The van der Waals surface area contributed by atoms with Gasteiger partial charge in [-0.05, 0) is 32.1 Å². The molecule has 0 amide bonds. The predicted octanol–water partition coefficient (Wildman–Crippen LogP) is 5.28. The van der Waals surface area contributed by atoms with Crippen molar-refractivity contribution in [1.82, 2.24) is 0 Å². The van der Waals surface area contributed by atoms with Crippen LogP contribution in [0.3, 0.4) is 0 Å². The van der Waals surface area contributed by atoms with Crippen LogP contribution in [0.5, 0.6) is 0 Å². The van der Waals surface area contributed by atoms with Crippen molar-refractivity contribution in [2.24, 2.45) is 5.73 Å². The van der Waals surface area contributed by atoms with Gasteiger partial charge in [0.2, 0.25) is 0 Å². The van der Waals surface area contributed by atoms with Crippen molar-refractivity contribution in [2.75, 3.05) is 33.0 Å². The van der Waals surface area contributed by atoms with E-state index in [1.165, 1.54) is 57.8 Å². The number of nitrogens with two attached hydrogens (primary N) is 1. The van der Waals surface area contributed by atoms with Crippen LogP contribution in [0, 0.1) is 0 Å². The van der Waals surface area contributed by atoms with Crippen LogP contribution in [0.4, 0.5) is 0 Å². The quantitative estimate of drug-likeness (QED) is 0.0879. The molecular formula is C23H46NO7P. The van der Waals surface area contributed by atoms with Crippen LogP contribution < -0.4 is 5.73 Å². The van der Waals surface area contributed by atoms with Gasteiger partial charge in [-0.15, -0.1) is 0 Å². The van der Waals surface area contributed by atoms with Crippen LogP contribution in [0.15, 0.2) is 12.2 Å². The normalized spacial score (nSPS) is 14.5. The lowest BCUT2D eigenvalue weighted by atomic mass is 10.1. The molecule has 0 heterocycles. The van der Waals surface area contributed by atoms with Crippen molar-refractivity contribution in [3.63, 3.8) is 0 Å². The fraction of sp³-hybridized carbons (Fsp3) is 0.870. The number of esters is 1. The van der Waals surface area contributed by atoms with Crippen LogP contribution in [-0.2, 0) is 27.9 Å². The van der Waals surface area contributed by atoms with E-state index < -0.39 is 19.9 Å². The van der Waals surface area contributed by atoms with E-state index in [0.29, 0.717) is 6.61 Å². The monoisotopic (exact) mass is 479 g/mol. The van der Waals surface area contributed by atoms with E-state index in [0.717, 1.165) is 12.8 Å². The number of ether oxygens (including phenoxy) is 2. The number of hydrogen-bond donors (Lipinski definition) is 2. The van der Waals surface area contributed by atoms with Gasteiger partial charge in [-0.1, -0.05) is 64.5 Å². The lowest BCUT2D eigenvalue weighted by molar-refractivity contribution is -0.154. The second kappa shape index (κ2) is 22.1. The topological polar surface area (TPSA) is 117 Å². The van der Waals surface area contributed by atoms with Crippen LogP contribution in [0.25, 0.3) is 0 Å². The molecule has 32 heavy (non-hydrogen) atoms. The van der Waals surface area contributed by atoms with Crippen molar-refractivity contribution < 1.29 is 32.8 Å². The summed E-state index contributed by atoms with van der Waals surface area (Å²) in [6, 6.07) is 0. The van der Waals surface area contributed by atoms with Crippen LogP contribution in [0.2, 0.25) is 0 Å². The average molecular weight is 480 g/mol. The summed E-state index contributed by atoms with van der Waals surface area (Å²) in [5.74, 6) is -0.423. The molecule has 3 N–H and O–H groups in total. The van der Waals surface area contributed by atoms with Gasteiger partial charge in [-0.3, -0.25) is 13.8 Å². The number of carbonyl (C=O) groups is 1. The van der Waals surface area contributed by atoms with Crippen molar-refractivity contribution in [3.8, 4) is 0 Å². The number of unbranched alkanes of at least 4 members (excludes halogenated alkanes) is 9. The van der Waals surface area contributed by atoms with Gasteiger partial charge in [0.25, 0.3) is 0 Å². The summed E-state index contributed by atoms with van der Waals surface area (Å²) in [6.45, 7) is 4.27. The molecule has 0 aromatic rings. The maximum absolute atomic E-state index is 11.7. The highest BCUT2D eigenvalue weighted by Crippen LogP contribution is 2.43. The molecule has 0 spiro atoms. The average Bonchev–Trinajstić information content (AvgIpc) is 2.78. The summed E-state index contributed by atoms with van der Waals surface area (Å²) >= 11 is 0. The first-order chi connectivity index (χ1) is 15.4. The van der Waals surface area contributed by atoms with Gasteiger partial charge in [0.05, 0.1) is 19.8 Å². The Balaban J connectivity index is 3.82. The minimum Gasteiger partial charge on any atom is -0.457 e. The molecule has 0 aliphatic heterocycles. The zero-order valence-electron chi connectivity index (χ0n) is 20.2. The number of hydrogen-bond acceptors (Lipinski definition) is 7. The van der Waals surface area contributed by atoms with Gasteiger partial charge in [0.1, 0.15) is 6.10 Å². The highest BCUT2D eigenvalue weighted by Gasteiger charge is 2.24. The van der Waals surface area contributed by atoms with Gasteiger partial charge in [0, 0.05) is 19.6 Å². The van der Waals surface area contributed by atoms with E-state index in [9.17, 15) is 14.3 Å². The number of carbonyl (C=O) groups excluding carboxylic acids is 1. The van der Waals surface area contributed by atoms with E-state index in [4.69, 9.17) is 19.7 Å². The SMILES string of the molecule is CCCCC/C=C\CCCCCCCCOCC(COP(=O)(O)OCCN)OC(=O)CC. The minimum atomic E-state index is -4.22. The third-order valence-corrected chi connectivity index (χ3v) is 5.72. The van der Waals surface area contributed by atoms with Crippen molar-refractivity contribution in [3.05, 3.63) is 12.2 Å². The number of allylic oxidation sites excluding steroid dienone is 2. The first-order valence-corrected chi connectivity index (χ1v) is 13.7.